The van der Waals surface area contributed by atoms with Crippen molar-refractivity contribution in [1.29, 1.82) is 0 Å². The van der Waals surface area contributed by atoms with Crippen molar-refractivity contribution in [2.24, 2.45) is 0 Å². The van der Waals surface area contributed by atoms with Gasteiger partial charge in [-0.15, -0.1) is 6.42 Å². The second kappa shape index (κ2) is 5.89. The highest BCUT2D eigenvalue weighted by atomic mass is 16.5. The van der Waals surface area contributed by atoms with Crippen LogP contribution in [0.2, 0.25) is 0 Å². The van der Waals surface area contributed by atoms with E-state index in [-0.39, 0.29) is 6.03 Å². The largest absolute Gasteiger partial charge is 0.378 e. The molecule has 0 aromatic heterocycles. The summed E-state index contributed by atoms with van der Waals surface area (Å²) < 4.78 is 5.24. The topological polar surface area (TPSA) is 36.0 Å². The van der Waals surface area contributed by atoms with Crippen LogP contribution in [0.5, 0.6) is 0 Å². The Labute approximate surface area is 102 Å². The summed E-state index contributed by atoms with van der Waals surface area (Å²) in [7, 11) is 0. The third kappa shape index (κ3) is 3.11. The minimum Gasteiger partial charge on any atom is -0.378 e. The fraction of sp³-hybridized carbons (Fsp3) is 0.750. The Bertz CT molecular complexity index is 299. The Balaban J connectivity index is 1.79. The van der Waals surface area contributed by atoms with E-state index in [0.29, 0.717) is 32.8 Å². The Kier molecular flexibility index (Phi) is 4.24. The Morgan fingerprint density at radius 1 is 1.06 bits per heavy atom. The molecule has 2 fully saturated rings. The number of hydrogen-bond donors (Lipinski definition) is 0. The van der Waals surface area contributed by atoms with Crippen molar-refractivity contribution in [3.05, 3.63) is 0 Å². The molecule has 0 spiro atoms. The Hall–Kier alpha value is -1.25. The van der Waals surface area contributed by atoms with Gasteiger partial charge in [0.1, 0.15) is 0 Å². The summed E-state index contributed by atoms with van der Waals surface area (Å²) in [5.41, 5.74) is 0. The zero-order valence-electron chi connectivity index (χ0n) is 10.1. The van der Waals surface area contributed by atoms with E-state index in [4.69, 9.17) is 11.2 Å². The lowest BCUT2D eigenvalue weighted by atomic mass is 10.3. The van der Waals surface area contributed by atoms with Crippen molar-refractivity contribution >= 4 is 6.03 Å². The van der Waals surface area contributed by atoms with Gasteiger partial charge in [0.2, 0.25) is 0 Å². The second-order valence-corrected chi connectivity index (χ2v) is 4.35. The van der Waals surface area contributed by atoms with Crippen LogP contribution >= 0.6 is 0 Å². The molecule has 2 aliphatic rings. The van der Waals surface area contributed by atoms with Gasteiger partial charge in [-0.3, -0.25) is 4.90 Å². The molecule has 0 bridgehead atoms. The molecule has 5 heteroatoms. The average Bonchev–Trinajstić information content (AvgIpc) is 2.40. The Morgan fingerprint density at radius 2 is 1.65 bits per heavy atom. The SMILES string of the molecule is C#CCN1CCN(C(=O)N2CCOCC2)CC1. The Morgan fingerprint density at radius 3 is 2.24 bits per heavy atom. The summed E-state index contributed by atoms with van der Waals surface area (Å²) >= 11 is 0. The van der Waals surface area contributed by atoms with E-state index in [1.165, 1.54) is 0 Å². The monoisotopic (exact) mass is 237 g/mol. The summed E-state index contributed by atoms with van der Waals surface area (Å²) in [5, 5.41) is 0. The number of amides is 2. The summed E-state index contributed by atoms with van der Waals surface area (Å²) in [5.74, 6) is 2.64. The highest BCUT2D eigenvalue weighted by molar-refractivity contribution is 5.74. The average molecular weight is 237 g/mol. The maximum absolute atomic E-state index is 12.2. The number of hydrogen-bond acceptors (Lipinski definition) is 3. The smallest absolute Gasteiger partial charge is 0.320 e. The number of piperazine rings is 1. The number of urea groups is 1. The number of nitrogens with zero attached hydrogens (tertiary/aromatic N) is 3. The number of rotatable bonds is 1. The molecule has 0 aromatic rings. The molecular formula is C12H19N3O2. The van der Waals surface area contributed by atoms with Crippen molar-refractivity contribution in [2.45, 2.75) is 0 Å². The minimum absolute atomic E-state index is 0.147. The van der Waals surface area contributed by atoms with Gasteiger partial charge in [-0.1, -0.05) is 5.92 Å². The normalized spacial score (nSPS) is 22.3. The van der Waals surface area contributed by atoms with E-state index in [0.717, 1.165) is 26.2 Å². The van der Waals surface area contributed by atoms with Crippen LogP contribution in [-0.4, -0.2) is 79.8 Å². The number of morpholine rings is 1. The van der Waals surface area contributed by atoms with Gasteiger partial charge < -0.3 is 14.5 Å². The van der Waals surface area contributed by atoms with Crippen molar-refractivity contribution in [3.63, 3.8) is 0 Å². The predicted molar refractivity (Wildman–Crippen MR) is 64.6 cm³/mol. The molecule has 0 unspecified atom stereocenters. The first-order valence-electron chi connectivity index (χ1n) is 6.08. The molecule has 0 aromatic carbocycles. The van der Waals surface area contributed by atoms with Crippen molar-refractivity contribution in [1.82, 2.24) is 14.7 Å². The molecule has 2 saturated heterocycles. The standard InChI is InChI=1S/C12H19N3O2/c1-2-3-13-4-6-14(7-5-13)12(16)15-8-10-17-11-9-15/h1H,3-11H2. The lowest BCUT2D eigenvalue weighted by Gasteiger charge is -2.37. The molecule has 0 saturated carbocycles. The molecule has 0 aliphatic carbocycles. The molecule has 0 atom stereocenters. The number of terminal acetylenes is 1. The summed E-state index contributed by atoms with van der Waals surface area (Å²) in [6.07, 6.45) is 5.28. The number of ether oxygens (including phenoxy) is 1. The third-order valence-corrected chi connectivity index (χ3v) is 3.24. The zero-order chi connectivity index (χ0) is 12.1. The van der Waals surface area contributed by atoms with E-state index in [1.807, 2.05) is 9.80 Å². The van der Waals surface area contributed by atoms with Gasteiger partial charge in [-0.05, 0) is 0 Å². The molecule has 0 N–H and O–H groups in total. The third-order valence-electron chi connectivity index (χ3n) is 3.24. The van der Waals surface area contributed by atoms with Crippen molar-refractivity contribution in [2.75, 3.05) is 59.0 Å². The van der Waals surface area contributed by atoms with Gasteiger partial charge in [-0.25, -0.2) is 4.79 Å². The summed E-state index contributed by atoms with van der Waals surface area (Å²) in [4.78, 5) is 18.1. The van der Waals surface area contributed by atoms with Crippen LogP contribution in [0.15, 0.2) is 0 Å². The van der Waals surface area contributed by atoms with Gasteiger partial charge in [0, 0.05) is 39.3 Å². The molecule has 2 amide bonds. The van der Waals surface area contributed by atoms with Crippen LogP contribution in [-0.2, 0) is 4.74 Å². The van der Waals surface area contributed by atoms with Gasteiger partial charge in [0.15, 0.2) is 0 Å². The van der Waals surface area contributed by atoms with Crippen LogP contribution in [0.25, 0.3) is 0 Å². The van der Waals surface area contributed by atoms with E-state index in [9.17, 15) is 4.79 Å². The number of carbonyl (C=O) groups excluding carboxylic acids is 1. The van der Waals surface area contributed by atoms with Crippen molar-refractivity contribution in [3.8, 4) is 12.3 Å². The molecular weight excluding hydrogens is 218 g/mol. The van der Waals surface area contributed by atoms with Crippen LogP contribution in [0, 0.1) is 12.3 Å². The first-order chi connectivity index (χ1) is 8.31. The van der Waals surface area contributed by atoms with Crippen LogP contribution in [0.3, 0.4) is 0 Å². The zero-order valence-corrected chi connectivity index (χ0v) is 10.1. The van der Waals surface area contributed by atoms with Gasteiger partial charge >= 0.3 is 6.03 Å². The van der Waals surface area contributed by atoms with E-state index in [2.05, 4.69) is 10.8 Å². The second-order valence-electron chi connectivity index (χ2n) is 4.35. The van der Waals surface area contributed by atoms with Crippen molar-refractivity contribution < 1.29 is 9.53 Å². The lowest BCUT2D eigenvalue weighted by molar-refractivity contribution is 0.0384. The predicted octanol–water partition coefficient (Wildman–Crippen LogP) is -0.311. The van der Waals surface area contributed by atoms with Crippen LogP contribution in [0.4, 0.5) is 4.79 Å². The molecule has 2 rings (SSSR count). The maximum Gasteiger partial charge on any atom is 0.320 e. The fourth-order valence-corrected chi connectivity index (χ4v) is 2.18. The molecule has 17 heavy (non-hydrogen) atoms. The number of carbonyl (C=O) groups is 1. The van der Waals surface area contributed by atoms with Crippen LogP contribution < -0.4 is 0 Å². The van der Waals surface area contributed by atoms with Gasteiger partial charge in [-0.2, -0.15) is 0 Å². The first kappa shape index (κ1) is 12.2. The van der Waals surface area contributed by atoms with Gasteiger partial charge in [0.25, 0.3) is 0 Å². The molecule has 2 aliphatic heterocycles. The molecule has 94 valence electrons. The van der Waals surface area contributed by atoms with Crippen LogP contribution in [0.1, 0.15) is 0 Å². The van der Waals surface area contributed by atoms with E-state index in [1.54, 1.807) is 0 Å². The molecule has 2 heterocycles. The highest BCUT2D eigenvalue weighted by Gasteiger charge is 2.25. The molecule has 5 nitrogen and oxygen atoms in total. The minimum atomic E-state index is 0.147. The first-order valence-corrected chi connectivity index (χ1v) is 6.08. The fourth-order valence-electron chi connectivity index (χ4n) is 2.18. The maximum atomic E-state index is 12.2. The van der Waals surface area contributed by atoms with Gasteiger partial charge in [0.05, 0.1) is 19.8 Å². The highest BCUT2D eigenvalue weighted by Crippen LogP contribution is 2.07. The van der Waals surface area contributed by atoms with E-state index >= 15 is 0 Å². The quantitative estimate of drug-likeness (QED) is 0.587. The lowest BCUT2D eigenvalue weighted by Crippen LogP contribution is -2.54. The summed E-state index contributed by atoms with van der Waals surface area (Å²) in [6, 6.07) is 0.147. The van der Waals surface area contributed by atoms with E-state index < -0.39 is 0 Å². The summed E-state index contributed by atoms with van der Waals surface area (Å²) in [6.45, 7) is 6.72. The molecule has 0 radical (unpaired) electrons.